The molecule has 1 N–H and O–H groups in total. The van der Waals surface area contributed by atoms with Crippen LogP contribution in [-0.4, -0.2) is 35.1 Å². The van der Waals surface area contributed by atoms with E-state index in [2.05, 4.69) is 6.07 Å². The van der Waals surface area contributed by atoms with Crippen molar-refractivity contribution in [2.75, 3.05) is 13.2 Å². The van der Waals surface area contributed by atoms with Crippen molar-refractivity contribution in [1.29, 1.82) is 5.26 Å². The molecular weight excluding hydrogens is 252 g/mol. The largest absolute Gasteiger partial charge is 0.394 e. The Morgan fingerprint density at radius 2 is 2.20 bits per heavy atom. The highest BCUT2D eigenvalue weighted by atomic mass is 16.3. The van der Waals surface area contributed by atoms with E-state index in [1.165, 1.54) is 0 Å². The number of carbonyl (C=O) groups excluding carboxylic acids is 1. The molecule has 0 bridgehead atoms. The number of rotatable bonds is 4. The van der Waals surface area contributed by atoms with Crippen molar-refractivity contribution in [2.45, 2.75) is 25.8 Å². The molecule has 0 aliphatic carbocycles. The summed E-state index contributed by atoms with van der Waals surface area (Å²) in [6.07, 6.45) is 1.32. The summed E-state index contributed by atoms with van der Waals surface area (Å²) in [6, 6.07) is 11.5. The molecule has 4 heteroatoms. The Hall–Kier alpha value is -1.86. The molecule has 3 atom stereocenters. The lowest BCUT2D eigenvalue weighted by Crippen LogP contribution is -2.43. The van der Waals surface area contributed by atoms with Crippen molar-refractivity contribution < 1.29 is 9.90 Å². The number of likely N-dealkylation sites (tertiary alicyclic amines) is 1. The van der Waals surface area contributed by atoms with Crippen LogP contribution in [0.5, 0.6) is 0 Å². The van der Waals surface area contributed by atoms with E-state index < -0.39 is 5.92 Å². The molecule has 20 heavy (non-hydrogen) atoms. The van der Waals surface area contributed by atoms with Crippen molar-refractivity contribution >= 4 is 5.91 Å². The van der Waals surface area contributed by atoms with Gasteiger partial charge in [-0.1, -0.05) is 37.3 Å². The molecule has 106 valence electrons. The maximum absolute atomic E-state index is 12.5. The molecule has 1 saturated heterocycles. The van der Waals surface area contributed by atoms with E-state index in [0.717, 1.165) is 12.0 Å². The molecule has 0 radical (unpaired) electrons. The lowest BCUT2D eigenvalue weighted by molar-refractivity contribution is -0.135. The second-order valence-electron chi connectivity index (χ2n) is 5.42. The predicted octanol–water partition coefficient (Wildman–Crippen LogP) is 1.60. The van der Waals surface area contributed by atoms with Gasteiger partial charge in [-0.25, -0.2) is 0 Å². The topological polar surface area (TPSA) is 64.3 Å². The van der Waals surface area contributed by atoms with Crippen LogP contribution in [0.25, 0.3) is 0 Å². The van der Waals surface area contributed by atoms with E-state index in [1.807, 2.05) is 37.3 Å². The Kier molecular flexibility index (Phi) is 4.75. The highest BCUT2D eigenvalue weighted by molar-refractivity contribution is 5.82. The van der Waals surface area contributed by atoms with Crippen molar-refractivity contribution in [3.8, 4) is 6.07 Å². The summed E-state index contributed by atoms with van der Waals surface area (Å²) in [5.74, 6) is -0.531. The van der Waals surface area contributed by atoms with Gasteiger partial charge in [-0.2, -0.15) is 5.26 Å². The average Bonchev–Trinajstić information content (AvgIpc) is 2.86. The van der Waals surface area contributed by atoms with Crippen LogP contribution in [0, 0.1) is 23.2 Å². The van der Waals surface area contributed by atoms with E-state index in [-0.39, 0.29) is 18.6 Å². The number of amides is 1. The van der Waals surface area contributed by atoms with Gasteiger partial charge in [0.05, 0.1) is 18.7 Å². The van der Waals surface area contributed by atoms with Crippen LogP contribution in [0.2, 0.25) is 0 Å². The number of hydrogen-bond acceptors (Lipinski definition) is 3. The quantitative estimate of drug-likeness (QED) is 0.905. The first kappa shape index (κ1) is 14.5. The maximum atomic E-state index is 12.5. The summed E-state index contributed by atoms with van der Waals surface area (Å²) in [7, 11) is 0. The van der Waals surface area contributed by atoms with Gasteiger partial charge in [-0.15, -0.1) is 0 Å². The molecule has 1 aliphatic rings. The van der Waals surface area contributed by atoms with Crippen molar-refractivity contribution in [1.82, 2.24) is 4.90 Å². The van der Waals surface area contributed by atoms with Gasteiger partial charge in [-0.05, 0) is 24.3 Å². The SMILES string of the molecule is CC1CCN(C(=O)C(C#N)Cc2ccccc2)C1CO. The van der Waals surface area contributed by atoms with Crippen LogP contribution >= 0.6 is 0 Å². The van der Waals surface area contributed by atoms with Gasteiger partial charge in [0.25, 0.3) is 0 Å². The highest BCUT2D eigenvalue weighted by Crippen LogP contribution is 2.26. The maximum Gasteiger partial charge on any atom is 0.240 e. The molecule has 0 spiro atoms. The number of carbonyl (C=O) groups is 1. The van der Waals surface area contributed by atoms with Crippen LogP contribution in [0.3, 0.4) is 0 Å². The van der Waals surface area contributed by atoms with Gasteiger partial charge in [0.1, 0.15) is 5.92 Å². The molecule has 1 fully saturated rings. The Morgan fingerprint density at radius 1 is 1.50 bits per heavy atom. The number of benzene rings is 1. The van der Waals surface area contributed by atoms with Crippen LogP contribution in [0.4, 0.5) is 0 Å². The van der Waals surface area contributed by atoms with Crippen molar-refractivity contribution in [3.05, 3.63) is 35.9 Å². The van der Waals surface area contributed by atoms with E-state index in [9.17, 15) is 15.2 Å². The molecule has 1 aromatic rings. The molecule has 4 nitrogen and oxygen atoms in total. The molecule has 1 amide bonds. The Bertz CT molecular complexity index is 495. The van der Waals surface area contributed by atoms with E-state index in [4.69, 9.17) is 0 Å². The number of nitriles is 1. The molecule has 2 rings (SSSR count). The highest BCUT2D eigenvalue weighted by Gasteiger charge is 2.36. The van der Waals surface area contributed by atoms with Gasteiger partial charge in [0.2, 0.25) is 5.91 Å². The number of aliphatic hydroxyl groups is 1. The normalized spacial score (nSPS) is 23.4. The first-order valence-corrected chi connectivity index (χ1v) is 7.02. The van der Waals surface area contributed by atoms with Crippen LogP contribution in [0.1, 0.15) is 18.9 Å². The summed E-state index contributed by atoms with van der Waals surface area (Å²) in [4.78, 5) is 14.2. The second kappa shape index (κ2) is 6.53. The Balaban J connectivity index is 2.08. The van der Waals surface area contributed by atoms with E-state index >= 15 is 0 Å². The van der Waals surface area contributed by atoms with Crippen molar-refractivity contribution in [2.24, 2.45) is 11.8 Å². The molecule has 3 unspecified atom stereocenters. The standard InChI is InChI=1S/C16H20N2O2/c1-12-7-8-18(15(12)11-19)16(20)14(10-17)9-13-5-3-2-4-6-13/h2-6,12,14-15,19H,7-9,11H2,1H3. The Labute approximate surface area is 119 Å². The van der Waals surface area contributed by atoms with Gasteiger partial charge < -0.3 is 10.0 Å². The third kappa shape index (κ3) is 3.00. The van der Waals surface area contributed by atoms with Gasteiger partial charge in [0.15, 0.2) is 0 Å². The number of aliphatic hydroxyl groups excluding tert-OH is 1. The minimum Gasteiger partial charge on any atom is -0.394 e. The first-order chi connectivity index (χ1) is 9.67. The average molecular weight is 272 g/mol. The Morgan fingerprint density at radius 3 is 2.80 bits per heavy atom. The zero-order chi connectivity index (χ0) is 14.5. The molecule has 1 aliphatic heterocycles. The minimum atomic E-state index is -0.670. The van der Waals surface area contributed by atoms with Gasteiger partial charge in [-0.3, -0.25) is 4.79 Å². The van der Waals surface area contributed by atoms with E-state index in [1.54, 1.807) is 4.90 Å². The fourth-order valence-corrected chi connectivity index (χ4v) is 2.80. The second-order valence-corrected chi connectivity index (χ2v) is 5.42. The van der Waals surface area contributed by atoms with Gasteiger partial charge >= 0.3 is 0 Å². The van der Waals surface area contributed by atoms with E-state index in [0.29, 0.717) is 18.9 Å². The van der Waals surface area contributed by atoms with Crippen LogP contribution in [-0.2, 0) is 11.2 Å². The van der Waals surface area contributed by atoms with Gasteiger partial charge in [0, 0.05) is 6.54 Å². The lowest BCUT2D eigenvalue weighted by atomic mass is 9.98. The number of hydrogen-bond donors (Lipinski definition) is 1. The first-order valence-electron chi connectivity index (χ1n) is 7.02. The molecule has 1 aromatic carbocycles. The molecular formula is C16H20N2O2. The minimum absolute atomic E-state index is 0.0314. The third-order valence-corrected chi connectivity index (χ3v) is 4.09. The third-order valence-electron chi connectivity index (χ3n) is 4.09. The van der Waals surface area contributed by atoms with Crippen molar-refractivity contribution in [3.63, 3.8) is 0 Å². The predicted molar refractivity (Wildman–Crippen MR) is 75.6 cm³/mol. The zero-order valence-corrected chi connectivity index (χ0v) is 11.7. The smallest absolute Gasteiger partial charge is 0.240 e. The zero-order valence-electron chi connectivity index (χ0n) is 11.7. The number of nitrogens with zero attached hydrogens (tertiary/aromatic N) is 2. The summed E-state index contributed by atoms with van der Waals surface area (Å²) in [5, 5.41) is 18.7. The fraction of sp³-hybridized carbons (Fsp3) is 0.500. The summed E-state index contributed by atoms with van der Waals surface area (Å²) in [6.45, 7) is 2.64. The van der Waals surface area contributed by atoms with Crippen LogP contribution in [0.15, 0.2) is 30.3 Å². The summed E-state index contributed by atoms with van der Waals surface area (Å²) in [5.41, 5.74) is 0.986. The fourth-order valence-electron chi connectivity index (χ4n) is 2.80. The molecule has 1 heterocycles. The lowest BCUT2D eigenvalue weighted by Gasteiger charge is -2.27. The molecule has 0 saturated carbocycles. The van der Waals surface area contributed by atoms with Crippen LogP contribution < -0.4 is 0 Å². The monoisotopic (exact) mass is 272 g/mol. The summed E-state index contributed by atoms with van der Waals surface area (Å²) < 4.78 is 0. The molecule has 0 aromatic heterocycles. The summed E-state index contributed by atoms with van der Waals surface area (Å²) >= 11 is 0.